The van der Waals surface area contributed by atoms with Crippen molar-refractivity contribution in [3.8, 4) is 0 Å². The molecule has 0 unspecified atom stereocenters. The summed E-state index contributed by atoms with van der Waals surface area (Å²) in [6.07, 6.45) is 0. The van der Waals surface area contributed by atoms with Crippen molar-refractivity contribution < 1.29 is 4.39 Å². The highest BCUT2D eigenvalue weighted by Crippen LogP contribution is 2.21. The largest absolute Gasteiger partial charge is 0.329 e. The number of halogens is 2. The van der Waals surface area contributed by atoms with Crippen LogP contribution in [0.4, 0.5) is 4.39 Å². The van der Waals surface area contributed by atoms with Gasteiger partial charge in [-0.05, 0) is 31.3 Å². The van der Waals surface area contributed by atoms with Crippen LogP contribution in [0.5, 0.6) is 0 Å². The number of nitrogens with zero attached hydrogens (tertiary/aromatic N) is 3. The van der Waals surface area contributed by atoms with Gasteiger partial charge in [-0.3, -0.25) is 14.0 Å². The van der Waals surface area contributed by atoms with Gasteiger partial charge in [-0.1, -0.05) is 29.8 Å². The van der Waals surface area contributed by atoms with Gasteiger partial charge in [-0.25, -0.2) is 9.18 Å². The molecule has 3 aromatic rings. The summed E-state index contributed by atoms with van der Waals surface area (Å²) in [6, 6.07) is 12.2. The van der Waals surface area contributed by atoms with Crippen LogP contribution in [0.25, 0.3) is 11.0 Å². The van der Waals surface area contributed by atoms with Crippen molar-refractivity contribution >= 4 is 22.6 Å². The van der Waals surface area contributed by atoms with Crippen molar-refractivity contribution in [2.24, 2.45) is 7.05 Å². The Morgan fingerprint density at radius 1 is 1.13 bits per heavy atom. The van der Waals surface area contributed by atoms with Gasteiger partial charge in [0, 0.05) is 24.2 Å². The lowest BCUT2D eigenvalue weighted by atomic mass is 10.2. The van der Waals surface area contributed by atoms with E-state index >= 15 is 0 Å². The molecule has 23 heavy (non-hydrogen) atoms. The van der Waals surface area contributed by atoms with Crippen LogP contribution in [0, 0.1) is 5.82 Å². The molecular formula is C17H17ClFN3O. The highest BCUT2D eigenvalue weighted by Gasteiger charge is 2.14. The number of benzene rings is 2. The maximum atomic E-state index is 13.9. The van der Waals surface area contributed by atoms with Gasteiger partial charge in [-0.2, -0.15) is 0 Å². The van der Waals surface area contributed by atoms with E-state index in [4.69, 9.17) is 11.6 Å². The summed E-state index contributed by atoms with van der Waals surface area (Å²) in [5.41, 5.74) is 2.06. The van der Waals surface area contributed by atoms with Crippen LogP contribution in [0.15, 0.2) is 47.3 Å². The topological polar surface area (TPSA) is 30.2 Å². The molecule has 4 nitrogen and oxygen atoms in total. The van der Waals surface area contributed by atoms with Crippen LogP contribution < -0.4 is 5.69 Å². The Bertz CT molecular complexity index is 896. The minimum absolute atomic E-state index is 0.0994. The molecule has 0 spiro atoms. The first kappa shape index (κ1) is 15.8. The monoisotopic (exact) mass is 333 g/mol. The second-order valence-corrected chi connectivity index (χ2v) is 6.02. The minimum atomic E-state index is -0.338. The number of hydrogen-bond donors (Lipinski definition) is 0. The van der Waals surface area contributed by atoms with Crippen molar-refractivity contribution in [2.75, 3.05) is 7.05 Å². The Labute approximate surface area is 138 Å². The molecule has 0 radical (unpaired) electrons. The van der Waals surface area contributed by atoms with E-state index in [9.17, 15) is 9.18 Å². The number of aromatic nitrogens is 2. The van der Waals surface area contributed by atoms with E-state index in [-0.39, 0.29) is 11.5 Å². The van der Waals surface area contributed by atoms with Crippen molar-refractivity contribution in [1.82, 2.24) is 14.0 Å². The van der Waals surface area contributed by atoms with E-state index in [2.05, 4.69) is 0 Å². The molecular weight excluding hydrogens is 317 g/mol. The first-order chi connectivity index (χ1) is 11.0. The molecule has 0 amide bonds. The number of hydrogen-bond acceptors (Lipinski definition) is 2. The molecule has 0 fully saturated rings. The van der Waals surface area contributed by atoms with Crippen LogP contribution >= 0.6 is 11.6 Å². The van der Waals surface area contributed by atoms with Crippen LogP contribution in [-0.2, 0) is 20.3 Å². The van der Waals surface area contributed by atoms with E-state index in [0.717, 1.165) is 11.0 Å². The molecule has 0 saturated heterocycles. The first-order valence-corrected chi connectivity index (χ1v) is 7.62. The van der Waals surface area contributed by atoms with Crippen molar-refractivity contribution in [1.29, 1.82) is 0 Å². The van der Waals surface area contributed by atoms with Crippen LogP contribution in [0.2, 0.25) is 5.02 Å². The maximum Gasteiger partial charge on any atom is 0.329 e. The summed E-state index contributed by atoms with van der Waals surface area (Å²) >= 11 is 6.07. The molecule has 0 bridgehead atoms. The lowest BCUT2D eigenvalue weighted by Crippen LogP contribution is -2.30. The van der Waals surface area contributed by atoms with Crippen molar-refractivity contribution in [3.63, 3.8) is 0 Å². The number of fused-ring (bicyclic) bond motifs is 1. The quantitative estimate of drug-likeness (QED) is 0.734. The third-order valence-electron chi connectivity index (χ3n) is 3.92. The van der Waals surface area contributed by atoms with Crippen LogP contribution in [0.3, 0.4) is 0 Å². The van der Waals surface area contributed by atoms with Gasteiger partial charge in [0.05, 0.1) is 17.7 Å². The molecule has 2 aromatic carbocycles. The van der Waals surface area contributed by atoms with E-state index in [1.54, 1.807) is 28.3 Å². The highest BCUT2D eigenvalue weighted by molar-refractivity contribution is 6.31. The molecule has 0 aliphatic heterocycles. The lowest BCUT2D eigenvalue weighted by molar-refractivity contribution is 0.256. The fraction of sp³-hybridized carbons (Fsp3) is 0.235. The van der Waals surface area contributed by atoms with Gasteiger partial charge in [-0.15, -0.1) is 0 Å². The molecule has 0 aliphatic carbocycles. The van der Waals surface area contributed by atoms with E-state index < -0.39 is 0 Å². The number of imidazole rings is 1. The third-order valence-corrected chi connectivity index (χ3v) is 4.28. The second-order valence-electron chi connectivity index (χ2n) is 5.61. The van der Waals surface area contributed by atoms with Gasteiger partial charge in [0.2, 0.25) is 0 Å². The standard InChI is InChI=1S/C17H17ClFN3O/c1-20(10-12-13(18)6-5-7-14(12)19)11-22-16-9-4-3-8-15(16)21(2)17(22)23/h3-9H,10-11H2,1-2H3. The van der Waals surface area contributed by atoms with E-state index in [0.29, 0.717) is 23.8 Å². The average Bonchev–Trinajstić information content (AvgIpc) is 2.77. The zero-order chi connectivity index (χ0) is 16.6. The summed E-state index contributed by atoms with van der Waals surface area (Å²) in [5.74, 6) is -0.338. The summed E-state index contributed by atoms with van der Waals surface area (Å²) in [7, 11) is 3.58. The summed E-state index contributed by atoms with van der Waals surface area (Å²) in [4.78, 5) is 14.3. The highest BCUT2D eigenvalue weighted by atomic mass is 35.5. The Hall–Kier alpha value is -2.11. The number of aryl methyl sites for hydroxylation is 1. The average molecular weight is 334 g/mol. The Kier molecular flexibility index (Phi) is 4.24. The lowest BCUT2D eigenvalue weighted by Gasteiger charge is -2.18. The van der Waals surface area contributed by atoms with E-state index in [1.807, 2.05) is 36.2 Å². The van der Waals surface area contributed by atoms with Crippen LogP contribution in [0.1, 0.15) is 5.56 Å². The molecule has 1 heterocycles. The molecule has 0 atom stereocenters. The minimum Gasteiger partial charge on any atom is -0.295 e. The Morgan fingerprint density at radius 3 is 2.52 bits per heavy atom. The molecule has 0 N–H and O–H groups in total. The van der Waals surface area contributed by atoms with Gasteiger partial charge in [0.15, 0.2) is 0 Å². The Balaban J connectivity index is 1.91. The molecule has 0 aliphatic rings. The van der Waals surface area contributed by atoms with Gasteiger partial charge in [0.25, 0.3) is 0 Å². The van der Waals surface area contributed by atoms with Gasteiger partial charge >= 0.3 is 5.69 Å². The van der Waals surface area contributed by atoms with Crippen molar-refractivity contribution in [2.45, 2.75) is 13.2 Å². The predicted molar refractivity (Wildman–Crippen MR) is 90.1 cm³/mol. The zero-order valence-corrected chi connectivity index (χ0v) is 13.7. The maximum absolute atomic E-state index is 13.9. The zero-order valence-electron chi connectivity index (χ0n) is 13.0. The molecule has 3 rings (SSSR count). The van der Waals surface area contributed by atoms with Gasteiger partial charge in [0.1, 0.15) is 5.82 Å². The smallest absolute Gasteiger partial charge is 0.295 e. The first-order valence-electron chi connectivity index (χ1n) is 7.24. The fourth-order valence-electron chi connectivity index (χ4n) is 2.74. The normalized spacial score (nSPS) is 11.5. The SMILES string of the molecule is CN(Cc1c(F)cccc1Cl)Cn1c(=O)n(C)c2ccccc21. The molecule has 0 saturated carbocycles. The third kappa shape index (κ3) is 2.90. The van der Waals surface area contributed by atoms with Gasteiger partial charge < -0.3 is 0 Å². The molecule has 6 heteroatoms. The molecule has 120 valence electrons. The molecule has 1 aromatic heterocycles. The summed E-state index contributed by atoms with van der Waals surface area (Å²) in [5, 5.41) is 0.391. The summed E-state index contributed by atoms with van der Waals surface area (Å²) < 4.78 is 17.2. The van der Waals surface area contributed by atoms with Crippen LogP contribution in [-0.4, -0.2) is 21.1 Å². The predicted octanol–water partition coefficient (Wildman–Crippen LogP) is 3.22. The van der Waals surface area contributed by atoms with Crippen molar-refractivity contribution in [3.05, 3.63) is 69.4 Å². The Morgan fingerprint density at radius 2 is 1.83 bits per heavy atom. The number of rotatable bonds is 4. The fourth-order valence-corrected chi connectivity index (χ4v) is 2.97. The van der Waals surface area contributed by atoms with E-state index in [1.165, 1.54) is 6.07 Å². The number of para-hydroxylation sites is 2. The second kappa shape index (κ2) is 6.18. The summed E-state index contributed by atoms with van der Waals surface area (Å²) in [6.45, 7) is 0.673.